The molecule has 0 aliphatic rings. The van der Waals surface area contributed by atoms with Crippen molar-refractivity contribution in [2.75, 3.05) is 13.7 Å². The number of hydrogen-bond donors (Lipinski definition) is 1. The molecule has 1 N–H and O–H groups in total. The van der Waals surface area contributed by atoms with Crippen LogP contribution in [0.1, 0.15) is 27.7 Å². The molecular weight excluding hydrogens is 254 g/mol. The van der Waals surface area contributed by atoms with Crippen molar-refractivity contribution in [1.29, 1.82) is 0 Å². The van der Waals surface area contributed by atoms with Crippen molar-refractivity contribution in [3.05, 3.63) is 24.3 Å². The van der Waals surface area contributed by atoms with E-state index in [4.69, 9.17) is 9.47 Å². The molecule has 0 aliphatic carbocycles. The third-order valence-corrected chi connectivity index (χ3v) is 3.19. The molecule has 0 heterocycles. The molecule has 20 heavy (non-hydrogen) atoms. The third kappa shape index (κ3) is 5.11. The van der Waals surface area contributed by atoms with Gasteiger partial charge in [0.25, 0.3) is 5.91 Å². The van der Waals surface area contributed by atoms with Crippen molar-refractivity contribution in [3.63, 3.8) is 0 Å². The van der Waals surface area contributed by atoms with Gasteiger partial charge in [0.2, 0.25) is 0 Å². The van der Waals surface area contributed by atoms with Crippen molar-refractivity contribution in [2.24, 2.45) is 11.8 Å². The molecule has 4 heteroatoms. The molecule has 0 fully saturated rings. The van der Waals surface area contributed by atoms with Gasteiger partial charge in [0.05, 0.1) is 7.11 Å². The number of hydrogen-bond acceptors (Lipinski definition) is 3. The molecule has 0 aliphatic heterocycles. The third-order valence-electron chi connectivity index (χ3n) is 3.19. The first kappa shape index (κ1) is 16.3. The maximum absolute atomic E-state index is 11.9. The molecule has 0 saturated carbocycles. The minimum atomic E-state index is -0.0896. The van der Waals surface area contributed by atoms with Gasteiger partial charge in [-0.3, -0.25) is 4.79 Å². The lowest BCUT2D eigenvalue weighted by atomic mass is 9.93. The van der Waals surface area contributed by atoms with Crippen LogP contribution in [0.25, 0.3) is 0 Å². The Labute approximate surface area is 121 Å². The molecule has 4 nitrogen and oxygen atoms in total. The normalized spacial score (nSPS) is 11.0. The zero-order valence-corrected chi connectivity index (χ0v) is 13.0. The van der Waals surface area contributed by atoms with Gasteiger partial charge in [-0.15, -0.1) is 0 Å². The highest BCUT2D eigenvalue weighted by molar-refractivity contribution is 5.77. The van der Waals surface area contributed by atoms with Crippen LogP contribution in [0, 0.1) is 11.8 Å². The van der Waals surface area contributed by atoms with E-state index in [-0.39, 0.29) is 18.6 Å². The van der Waals surface area contributed by atoms with Crippen molar-refractivity contribution in [3.8, 4) is 11.5 Å². The number of carbonyl (C=O) groups is 1. The summed E-state index contributed by atoms with van der Waals surface area (Å²) in [5, 5.41) is 3.02. The molecule has 0 atom stereocenters. The number of rotatable bonds is 7. The highest BCUT2D eigenvalue weighted by Gasteiger charge is 2.19. The average molecular weight is 279 g/mol. The molecule has 0 spiro atoms. The fourth-order valence-electron chi connectivity index (χ4n) is 2.15. The average Bonchev–Trinajstić information content (AvgIpc) is 2.42. The van der Waals surface area contributed by atoms with Crippen molar-refractivity contribution in [1.82, 2.24) is 5.32 Å². The van der Waals surface area contributed by atoms with Gasteiger partial charge in [-0.05, 0) is 36.1 Å². The summed E-state index contributed by atoms with van der Waals surface area (Å²) in [4.78, 5) is 11.9. The maximum Gasteiger partial charge on any atom is 0.258 e. The van der Waals surface area contributed by atoms with Crippen molar-refractivity contribution < 1.29 is 14.3 Å². The number of benzene rings is 1. The molecular formula is C16H25NO3. The Hall–Kier alpha value is -1.71. The van der Waals surface area contributed by atoms with Crippen LogP contribution in [-0.4, -0.2) is 25.7 Å². The Kier molecular flexibility index (Phi) is 6.36. The van der Waals surface area contributed by atoms with Crippen molar-refractivity contribution >= 4 is 5.91 Å². The first-order valence-corrected chi connectivity index (χ1v) is 7.00. The minimum absolute atomic E-state index is 0.0300. The van der Waals surface area contributed by atoms with Crippen LogP contribution in [0.2, 0.25) is 0 Å². The minimum Gasteiger partial charge on any atom is -0.497 e. The molecule has 0 aromatic heterocycles. The molecule has 112 valence electrons. The van der Waals surface area contributed by atoms with Crippen LogP contribution in [0.4, 0.5) is 0 Å². The van der Waals surface area contributed by atoms with Gasteiger partial charge >= 0.3 is 0 Å². The maximum atomic E-state index is 11.9. The number of amides is 1. The number of methoxy groups -OCH3 is 1. The molecule has 1 amide bonds. The zero-order valence-electron chi connectivity index (χ0n) is 13.0. The SMILES string of the molecule is COc1ccc(OCC(=O)NC(C(C)C)C(C)C)cc1. The first-order valence-electron chi connectivity index (χ1n) is 7.00. The Morgan fingerprint density at radius 3 is 2.00 bits per heavy atom. The van der Waals surface area contributed by atoms with Gasteiger partial charge in [0.15, 0.2) is 6.61 Å². The molecule has 0 radical (unpaired) electrons. The summed E-state index contributed by atoms with van der Waals surface area (Å²) < 4.78 is 10.5. The van der Waals surface area contributed by atoms with Crippen LogP contribution < -0.4 is 14.8 Å². The fourth-order valence-corrected chi connectivity index (χ4v) is 2.15. The van der Waals surface area contributed by atoms with Gasteiger partial charge in [-0.2, -0.15) is 0 Å². The Bertz CT molecular complexity index is 404. The summed E-state index contributed by atoms with van der Waals surface area (Å²) in [6.07, 6.45) is 0. The van der Waals surface area contributed by atoms with Crippen LogP contribution >= 0.6 is 0 Å². The van der Waals surface area contributed by atoms with E-state index in [1.54, 1.807) is 31.4 Å². The standard InChI is InChI=1S/C16H25NO3/c1-11(2)16(12(3)4)17-15(18)10-20-14-8-6-13(19-5)7-9-14/h6-9,11-12,16H,10H2,1-5H3,(H,17,18). The predicted molar refractivity (Wildman–Crippen MR) is 80.1 cm³/mol. The van der Waals surface area contributed by atoms with E-state index >= 15 is 0 Å². The monoisotopic (exact) mass is 279 g/mol. The van der Waals surface area contributed by atoms with Crippen LogP contribution in [0.5, 0.6) is 11.5 Å². The summed E-state index contributed by atoms with van der Waals surface area (Å²) in [6.45, 7) is 8.46. The number of ether oxygens (including phenoxy) is 2. The molecule has 0 bridgehead atoms. The van der Waals surface area contributed by atoms with Gasteiger partial charge < -0.3 is 14.8 Å². The van der Waals surface area contributed by atoms with E-state index in [9.17, 15) is 4.79 Å². The smallest absolute Gasteiger partial charge is 0.258 e. The van der Waals surface area contributed by atoms with Crippen molar-refractivity contribution in [2.45, 2.75) is 33.7 Å². The van der Waals surface area contributed by atoms with E-state index < -0.39 is 0 Å². The summed E-state index contributed by atoms with van der Waals surface area (Å²) in [5.41, 5.74) is 0. The summed E-state index contributed by atoms with van der Waals surface area (Å²) in [7, 11) is 1.61. The topological polar surface area (TPSA) is 47.6 Å². The fraction of sp³-hybridized carbons (Fsp3) is 0.562. The molecule has 1 rings (SSSR count). The first-order chi connectivity index (χ1) is 9.43. The number of carbonyl (C=O) groups excluding carboxylic acids is 1. The number of nitrogens with one attached hydrogen (secondary N) is 1. The van der Waals surface area contributed by atoms with E-state index in [1.165, 1.54) is 0 Å². The Morgan fingerprint density at radius 1 is 1.05 bits per heavy atom. The van der Waals surface area contributed by atoms with E-state index in [1.807, 2.05) is 0 Å². The Balaban J connectivity index is 2.45. The van der Waals surface area contributed by atoms with E-state index in [0.717, 1.165) is 5.75 Å². The van der Waals surface area contributed by atoms with Gasteiger partial charge in [-0.1, -0.05) is 27.7 Å². The van der Waals surface area contributed by atoms with Crippen LogP contribution in [0.15, 0.2) is 24.3 Å². The largest absolute Gasteiger partial charge is 0.497 e. The van der Waals surface area contributed by atoms with Gasteiger partial charge in [-0.25, -0.2) is 0 Å². The lowest BCUT2D eigenvalue weighted by molar-refractivity contribution is -0.124. The van der Waals surface area contributed by atoms with Gasteiger partial charge in [0, 0.05) is 6.04 Å². The summed E-state index contributed by atoms with van der Waals surface area (Å²) in [6, 6.07) is 7.35. The lowest BCUT2D eigenvalue weighted by Gasteiger charge is -2.26. The van der Waals surface area contributed by atoms with E-state index in [0.29, 0.717) is 17.6 Å². The molecule has 1 aromatic rings. The van der Waals surface area contributed by atoms with E-state index in [2.05, 4.69) is 33.0 Å². The second-order valence-electron chi connectivity index (χ2n) is 5.55. The molecule has 0 unspecified atom stereocenters. The summed E-state index contributed by atoms with van der Waals surface area (Å²) in [5.74, 6) is 2.14. The summed E-state index contributed by atoms with van der Waals surface area (Å²) >= 11 is 0. The molecule has 0 saturated heterocycles. The van der Waals surface area contributed by atoms with Gasteiger partial charge in [0.1, 0.15) is 11.5 Å². The second-order valence-corrected chi connectivity index (χ2v) is 5.55. The molecule has 1 aromatic carbocycles. The Morgan fingerprint density at radius 2 is 1.55 bits per heavy atom. The lowest BCUT2D eigenvalue weighted by Crippen LogP contribution is -2.44. The highest BCUT2D eigenvalue weighted by Crippen LogP contribution is 2.17. The predicted octanol–water partition coefficient (Wildman–Crippen LogP) is 2.87. The van der Waals surface area contributed by atoms with Crippen LogP contribution in [0.3, 0.4) is 0 Å². The quantitative estimate of drug-likeness (QED) is 0.835. The second kappa shape index (κ2) is 7.78. The van der Waals surface area contributed by atoms with Crippen LogP contribution in [-0.2, 0) is 4.79 Å². The zero-order chi connectivity index (χ0) is 15.1. The highest BCUT2D eigenvalue weighted by atomic mass is 16.5.